The number of aromatic nitrogens is 3. The average Bonchev–Trinajstić information content (AvgIpc) is 2.97. The molecule has 7 heteroatoms. The zero-order chi connectivity index (χ0) is 19.7. The summed E-state index contributed by atoms with van der Waals surface area (Å²) < 4.78 is 0. The Balaban J connectivity index is 1.47. The van der Waals surface area contributed by atoms with Crippen molar-refractivity contribution in [2.75, 3.05) is 11.4 Å². The monoisotopic (exact) mass is 379 g/mol. The Hall–Kier alpha value is -2.83. The highest BCUT2D eigenvalue weighted by Gasteiger charge is 2.50. The Kier molecular flexibility index (Phi) is 4.83. The number of pyridine rings is 1. The van der Waals surface area contributed by atoms with Crippen LogP contribution < -0.4 is 10.2 Å². The van der Waals surface area contributed by atoms with Crippen LogP contribution in [0.4, 0.5) is 5.82 Å². The Morgan fingerprint density at radius 2 is 2.04 bits per heavy atom. The molecule has 2 aliphatic rings. The molecule has 146 valence electrons. The van der Waals surface area contributed by atoms with Crippen molar-refractivity contribution in [1.82, 2.24) is 20.3 Å². The molecular formula is C21H25N5O2. The van der Waals surface area contributed by atoms with Gasteiger partial charge < -0.3 is 5.32 Å². The minimum Gasteiger partial charge on any atom is -0.348 e. The maximum absolute atomic E-state index is 13.3. The van der Waals surface area contributed by atoms with E-state index in [-0.39, 0.29) is 17.9 Å². The van der Waals surface area contributed by atoms with Gasteiger partial charge in [0.15, 0.2) is 5.82 Å². The van der Waals surface area contributed by atoms with Crippen LogP contribution in [0.25, 0.3) is 0 Å². The fourth-order valence-electron chi connectivity index (χ4n) is 4.46. The number of anilines is 1. The van der Waals surface area contributed by atoms with E-state index in [1.165, 1.54) is 0 Å². The van der Waals surface area contributed by atoms with E-state index in [0.29, 0.717) is 24.5 Å². The molecule has 0 aromatic carbocycles. The Morgan fingerprint density at radius 3 is 2.82 bits per heavy atom. The van der Waals surface area contributed by atoms with Crippen LogP contribution in [0.5, 0.6) is 0 Å². The summed E-state index contributed by atoms with van der Waals surface area (Å²) in [6.45, 7) is 4.39. The van der Waals surface area contributed by atoms with Crippen molar-refractivity contribution in [2.24, 2.45) is 5.41 Å². The molecule has 2 aromatic rings. The smallest absolute Gasteiger partial charge is 0.270 e. The molecule has 1 unspecified atom stereocenters. The van der Waals surface area contributed by atoms with Crippen LogP contribution in [0, 0.1) is 19.3 Å². The molecule has 7 nitrogen and oxygen atoms in total. The Bertz CT molecular complexity index is 915. The van der Waals surface area contributed by atoms with Crippen molar-refractivity contribution in [3.8, 4) is 0 Å². The fraction of sp³-hybridized carbons (Fsp3) is 0.476. The molecule has 0 bridgehead atoms. The number of nitrogens with zero attached hydrogens (tertiary/aromatic N) is 4. The molecule has 2 amide bonds. The van der Waals surface area contributed by atoms with Gasteiger partial charge in [-0.1, -0.05) is 12.5 Å². The van der Waals surface area contributed by atoms with Crippen molar-refractivity contribution in [3.05, 3.63) is 47.7 Å². The highest BCUT2D eigenvalue weighted by molar-refractivity contribution is 5.99. The number of carbonyl (C=O) groups excluding carboxylic acids is 2. The van der Waals surface area contributed by atoms with E-state index < -0.39 is 5.41 Å². The van der Waals surface area contributed by atoms with Gasteiger partial charge in [0.05, 0.1) is 17.3 Å². The molecular weight excluding hydrogens is 354 g/mol. The van der Waals surface area contributed by atoms with Gasteiger partial charge in [-0.2, -0.15) is 0 Å². The van der Waals surface area contributed by atoms with E-state index in [1.54, 1.807) is 23.4 Å². The predicted octanol–water partition coefficient (Wildman–Crippen LogP) is 2.58. The lowest BCUT2D eigenvalue weighted by molar-refractivity contribution is -0.127. The number of amides is 2. The maximum atomic E-state index is 13.3. The summed E-state index contributed by atoms with van der Waals surface area (Å²) in [5.41, 5.74) is 1.62. The predicted molar refractivity (Wildman–Crippen MR) is 105 cm³/mol. The maximum Gasteiger partial charge on any atom is 0.270 e. The summed E-state index contributed by atoms with van der Waals surface area (Å²) in [5, 5.41) is 3.10. The minimum atomic E-state index is -0.415. The summed E-state index contributed by atoms with van der Waals surface area (Å²) in [6, 6.07) is 5.41. The van der Waals surface area contributed by atoms with E-state index in [9.17, 15) is 9.59 Å². The lowest BCUT2D eigenvalue weighted by atomic mass is 9.71. The number of aryl methyl sites for hydroxylation is 2. The fourth-order valence-corrected chi connectivity index (χ4v) is 4.46. The van der Waals surface area contributed by atoms with E-state index >= 15 is 0 Å². The molecule has 0 radical (unpaired) electrons. The summed E-state index contributed by atoms with van der Waals surface area (Å²) in [5.74, 6) is 0.564. The van der Waals surface area contributed by atoms with Gasteiger partial charge in [0.1, 0.15) is 5.69 Å². The highest BCUT2D eigenvalue weighted by atomic mass is 16.2. The van der Waals surface area contributed by atoms with E-state index in [0.717, 1.165) is 37.1 Å². The van der Waals surface area contributed by atoms with Crippen molar-refractivity contribution in [2.45, 2.75) is 52.0 Å². The van der Waals surface area contributed by atoms with Crippen LogP contribution in [-0.2, 0) is 4.79 Å². The summed E-state index contributed by atoms with van der Waals surface area (Å²) in [4.78, 5) is 40.6. The van der Waals surface area contributed by atoms with Gasteiger partial charge in [-0.25, -0.2) is 9.97 Å². The topological polar surface area (TPSA) is 88.1 Å². The molecule has 1 saturated heterocycles. The van der Waals surface area contributed by atoms with Gasteiger partial charge in [0.2, 0.25) is 5.91 Å². The molecule has 1 saturated carbocycles. The van der Waals surface area contributed by atoms with Crippen LogP contribution in [0.1, 0.15) is 54.0 Å². The van der Waals surface area contributed by atoms with Crippen LogP contribution in [0.2, 0.25) is 0 Å². The number of rotatable bonds is 3. The number of hydrogen-bond acceptors (Lipinski definition) is 5. The van der Waals surface area contributed by atoms with Gasteiger partial charge in [0, 0.05) is 24.5 Å². The zero-order valence-electron chi connectivity index (χ0n) is 16.3. The lowest BCUT2D eigenvalue weighted by Gasteiger charge is -2.36. The first-order valence-corrected chi connectivity index (χ1v) is 9.82. The number of hydrogen-bond donors (Lipinski definition) is 1. The SMILES string of the molecule is Cc1cccc(C(=O)N[C@H]2CCCC3(CCN(c4cncc(C)n4)C3=O)C2)n1. The molecule has 1 N–H and O–H groups in total. The van der Waals surface area contributed by atoms with Crippen LogP contribution in [0.3, 0.4) is 0 Å². The van der Waals surface area contributed by atoms with Gasteiger partial charge >= 0.3 is 0 Å². The quantitative estimate of drug-likeness (QED) is 0.886. The van der Waals surface area contributed by atoms with E-state index in [4.69, 9.17) is 0 Å². The van der Waals surface area contributed by atoms with Crippen molar-refractivity contribution < 1.29 is 9.59 Å². The highest BCUT2D eigenvalue weighted by Crippen LogP contribution is 2.45. The van der Waals surface area contributed by atoms with Gasteiger partial charge in [0.25, 0.3) is 5.91 Å². The van der Waals surface area contributed by atoms with Crippen LogP contribution in [0.15, 0.2) is 30.6 Å². The Morgan fingerprint density at radius 1 is 1.18 bits per heavy atom. The number of nitrogens with one attached hydrogen (secondary N) is 1. The molecule has 2 fully saturated rings. The van der Waals surface area contributed by atoms with Gasteiger partial charge in [-0.05, 0) is 51.7 Å². The second-order valence-corrected chi connectivity index (χ2v) is 7.94. The third-order valence-electron chi connectivity index (χ3n) is 5.83. The molecule has 28 heavy (non-hydrogen) atoms. The Labute approximate surface area is 164 Å². The lowest BCUT2D eigenvalue weighted by Crippen LogP contribution is -2.46. The average molecular weight is 379 g/mol. The largest absolute Gasteiger partial charge is 0.348 e. The van der Waals surface area contributed by atoms with Crippen molar-refractivity contribution in [1.29, 1.82) is 0 Å². The van der Waals surface area contributed by atoms with Crippen LogP contribution in [-0.4, -0.2) is 39.4 Å². The molecule has 4 rings (SSSR count). The van der Waals surface area contributed by atoms with Crippen molar-refractivity contribution in [3.63, 3.8) is 0 Å². The van der Waals surface area contributed by atoms with Gasteiger partial charge in [-0.3, -0.25) is 19.5 Å². The van der Waals surface area contributed by atoms with Crippen LogP contribution >= 0.6 is 0 Å². The molecule has 1 aliphatic heterocycles. The number of carbonyl (C=O) groups is 2. The van der Waals surface area contributed by atoms with Crippen molar-refractivity contribution >= 4 is 17.6 Å². The van der Waals surface area contributed by atoms with Gasteiger partial charge in [-0.15, -0.1) is 0 Å². The third-order valence-corrected chi connectivity index (χ3v) is 5.83. The molecule has 1 spiro atoms. The third kappa shape index (κ3) is 3.48. The summed E-state index contributed by atoms with van der Waals surface area (Å²) >= 11 is 0. The molecule has 2 atom stereocenters. The van der Waals surface area contributed by atoms with E-state index in [1.807, 2.05) is 26.0 Å². The first-order chi connectivity index (χ1) is 13.5. The normalized spacial score (nSPS) is 24.6. The first-order valence-electron chi connectivity index (χ1n) is 9.82. The minimum absolute atomic E-state index is 0.0175. The van der Waals surface area contributed by atoms with E-state index in [2.05, 4.69) is 20.3 Å². The zero-order valence-corrected chi connectivity index (χ0v) is 16.3. The summed E-state index contributed by atoms with van der Waals surface area (Å²) in [6.07, 6.45) is 7.45. The summed E-state index contributed by atoms with van der Waals surface area (Å²) in [7, 11) is 0. The molecule has 1 aliphatic carbocycles. The molecule has 2 aromatic heterocycles. The standard InChI is InChI=1S/C21H25N5O2/c1-14-5-3-7-17(23-14)19(27)25-16-6-4-8-21(11-16)9-10-26(20(21)28)18-13-22-12-15(2)24-18/h3,5,7,12-13,16H,4,6,8-11H2,1-2H3,(H,25,27)/t16-,21?/m0/s1. The second kappa shape index (κ2) is 7.30. The second-order valence-electron chi connectivity index (χ2n) is 7.94. The first kappa shape index (κ1) is 18.5. The molecule has 3 heterocycles.